The van der Waals surface area contributed by atoms with Gasteiger partial charge in [-0.1, -0.05) is 30.3 Å². The highest BCUT2D eigenvalue weighted by Gasteiger charge is 2.32. The predicted octanol–water partition coefficient (Wildman–Crippen LogP) is 1.96. The minimum atomic E-state index is -3.32. The van der Waals surface area contributed by atoms with Gasteiger partial charge in [0.15, 0.2) is 0 Å². The van der Waals surface area contributed by atoms with Crippen LogP contribution in [-0.2, 0) is 26.0 Å². The minimum absolute atomic E-state index is 0.0466. The molecule has 2 heterocycles. The average molecular weight is 395 g/mol. The van der Waals surface area contributed by atoms with Gasteiger partial charge in [0.25, 0.3) is 0 Å². The summed E-state index contributed by atoms with van der Waals surface area (Å²) in [5.41, 5.74) is 1.15. The van der Waals surface area contributed by atoms with Gasteiger partial charge >= 0.3 is 0 Å². The minimum Gasteiger partial charge on any atom is -0.376 e. The van der Waals surface area contributed by atoms with Gasteiger partial charge in [-0.25, -0.2) is 12.7 Å². The van der Waals surface area contributed by atoms with Crippen LogP contribution < -0.4 is 5.32 Å². The second kappa shape index (κ2) is 9.66. The van der Waals surface area contributed by atoms with Crippen LogP contribution in [0.4, 0.5) is 0 Å². The summed E-state index contributed by atoms with van der Waals surface area (Å²) in [5, 5.41) is 2.95. The zero-order valence-electron chi connectivity index (χ0n) is 15.8. The van der Waals surface area contributed by atoms with E-state index in [1.54, 1.807) is 0 Å². The molecule has 2 aliphatic rings. The van der Waals surface area contributed by atoms with E-state index in [2.05, 4.69) is 5.32 Å². The largest absolute Gasteiger partial charge is 0.376 e. The van der Waals surface area contributed by atoms with E-state index in [9.17, 15) is 13.2 Å². The number of ether oxygens (including phenoxy) is 1. The van der Waals surface area contributed by atoms with Crippen molar-refractivity contribution >= 4 is 15.9 Å². The smallest absolute Gasteiger partial charge is 0.224 e. The summed E-state index contributed by atoms with van der Waals surface area (Å²) in [6.45, 7) is 2.10. The third-order valence-corrected chi connectivity index (χ3v) is 7.31. The van der Waals surface area contributed by atoms with E-state index in [-0.39, 0.29) is 23.7 Å². The third-order valence-electron chi connectivity index (χ3n) is 5.39. The first-order valence-electron chi connectivity index (χ1n) is 9.95. The monoisotopic (exact) mass is 394 g/mol. The van der Waals surface area contributed by atoms with E-state index in [4.69, 9.17) is 4.74 Å². The summed E-state index contributed by atoms with van der Waals surface area (Å²) in [5.74, 6) is -0.176. The lowest BCUT2D eigenvalue weighted by Crippen LogP contribution is -2.47. The fourth-order valence-corrected chi connectivity index (χ4v) is 5.39. The first kappa shape index (κ1) is 20.3. The Hall–Kier alpha value is -1.44. The summed E-state index contributed by atoms with van der Waals surface area (Å²) >= 11 is 0. The lowest BCUT2D eigenvalue weighted by Gasteiger charge is -2.31. The standard InChI is InChI=1S/C20H30N2O4S/c23-20(21-15-19-11-5-13-26-19)18-10-4-12-22(16-18)27(24,25)14-6-9-17-7-2-1-3-8-17/h1-3,7-8,18-19H,4-6,9-16H2,(H,21,23)/t18-,19+/m0/s1. The van der Waals surface area contributed by atoms with Crippen LogP contribution in [-0.4, -0.2) is 56.7 Å². The molecule has 7 heteroatoms. The Morgan fingerprint density at radius 2 is 2.00 bits per heavy atom. The van der Waals surface area contributed by atoms with Crippen LogP contribution in [0.3, 0.4) is 0 Å². The van der Waals surface area contributed by atoms with Crippen LogP contribution in [0.15, 0.2) is 30.3 Å². The predicted molar refractivity (Wildman–Crippen MR) is 105 cm³/mol. The van der Waals surface area contributed by atoms with Crippen molar-refractivity contribution < 1.29 is 17.9 Å². The molecule has 0 bridgehead atoms. The molecule has 1 aromatic rings. The van der Waals surface area contributed by atoms with E-state index in [1.165, 1.54) is 4.31 Å². The number of sulfonamides is 1. The number of nitrogens with zero attached hydrogens (tertiary/aromatic N) is 1. The van der Waals surface area contributed by atoms with Crippen molar-refractivity contribution in [2.75, 3.05) is 32.0 Å². The quantitative estimate of drug-likeness (QED) is 0.731. The SMILES string of the molecule is O=C(NC[C@H]1CCCO1)[C@H]1CCCN(S(=O)(=O)CCCc2ccccc2)C1. The molecule has 0 radical (unpaired) electrons. The second-order valence-electron chi connectivity index (χ2n) is 7.48. The van der Waals surface area contributed by atoms with Gasteiger partial charge in [-0.15, -0.1) is 0 Å². The van der Waals surface area contributed by atoms with Crippen LogP contribution in [0.25, 0.3) is 0 Å². The van der Waals surface area contributed by atoms with Crippen molar-refractivity contribution in [2.24, 2.45) is 5.92 Å². The average Bonchev–Trinajstić information content (AvgIpc) is 3.20. The number of benzene rings is 1. The summed E-state index contributed by atoms with van der Waals surface area (Å²) in [4.78, 5) is 12.4. The fraction of sp³-hybridized carbons (Fsp3) is 0.650. The molecule has 0 spiro atoms. The molecular formula is C20H30N2O4S. The maximum Gasteiger partial charge on any atom is 0.224 e. The van der Waals surface area contributed by atoms with Crippen LogP contribution in [0.5, 0.6) is 0 Å². The van der Waals surface area contributed by atoms with Gasteiger partial charge in [-0.05, 0) is 44.1 Å². The van der Waals surface area contributed by atoms with Crippen molar-refractivity contribution in [3.8, 4) is 0 Å². The van der Waals surface area contributed by atoms with Crippen LogP contribution in [0.2, 0.25) is 0 Å². The maximum atomic E-state index is 12.7. The van der Waals surface area contributed by atoms with Gasteiger partial charge in [0.05, 0.1) is 17.8 Å². The maximum absolute atomic E-state index is 12.7. The summed E-state index contributed by atoms with van der Waals surface area (Å²) in [6, 6.07) is 9.92. The number of amides is 1. The Morgan fingerprint density at radius 1 is 1.19 bits per heavy atom. The molecule has 3 rings (SSSR count). The van der Waals surface area contributed by atoms with Gasteiger partial charge < -0.3 is 10.1 Å². The topological polar surface area (TPSA) is 75.7 Å². The van der Waals surface area contributed by atoms with Gasteiger partial charge in [-0.3, -0.25) is 4.79 Å². The Labute approximate surface area is 162 Å². The van der Waals surface area contributed by atoms with Crippen LogP contribution >= 0.6 is 0 Å². The molecule has 27 heavy (non-hydrogen) atoms. The lowest BCUT2D eigenvalue weighted by molar-refractivity contribution is -0.126. The number of hydrogen-bond donors (Lipinski definition) is 1. The molecule has 1 N–H and O–H groups in total. The first-order valence-corrected chi connectivity index (χ1v) is 11.6. The van der Waals surface area contributed by atoms with Crippen LogP contribution in [0, 0.1) is 5.92 Å². The van der Waals surface area contributed by atoms with Gasteiger partial charge in [0.1, 0.15) is 0 Å². The van der Waals surface area contributed by atoms with E-state index in [0.717, 1.165) is 44.3 Å². The molecule has 0 aromatic heterocycles. The first-order chi connectivity index (χ1) is 13.0. The second-order valence-corrected chi connectivity index (χ2v) is 9.57. The highest BCUT2D eigenvalue weighted by atomic mass is 32.2. The molecule has 2 atom stereocenters. The third kappa shape index (κ3) is 6.02. The molecule has 2 aliphatic heterocycles. The van der Waals surface area contributed by atoms with E-state index < -0.39 is 10.0 Å². The fourth-order valence-electron chi connectivity index (χ4n) is 3.81. The van der Waals surface area contributed by atoms with E-state index in [1.807, 2.05) is 30.3 Å². The highest BCUT2D eigenvalue weighted by molar-refractivity contribution is 7.89. The number of hydrogen-bond acceptors (Lipinski definition) is 4. The molecule has 150 valence electrons. The summed E-state index contributed by atoms with van der Waals surface area (Å²) in [6.07, 6.45) is 4.95. The number of aryl methyl sites for hydroxylation is 1. The Balaban J connectivity index is 1.46. The van der Waals surface area contributed by atoms with E-state index >= 15 is 0 Å². The Kier molecular flexibility index (Phi) is 7.26. The highest BCUT2D eigenvalue weighted by Crippen LogP contribution is 2.21. The molecule has 0 saturated carbocycles. The van der Waals surface area contributed by atoms with Crippen molar-refractivity contribution in [2.45, 2.75) is 44.6 Å². The number of piperidine rings is 1. The number of carbonyl (C=O) groups excluding carboxylic acids is 1. The number of rotatable bonds is 8. The number of carbonyl (C=O) groups is 1. The summed E-state index contributed by atoms with van der Waals surface area (Å²) < 4.78 is 32.4. The summed E-state index contributed by atoms with van der Waals surface area (Å²) in [7, 11) is -3.32. The van der Waals surface area contributed by atoms with Gasteiger partial charge in [0.2, 0.25) is 15.9 Å². The molecule has 2 fully saturated rings. The van der Waals surface area contributed by atoms with Gasteiger partial charge in [0, 0.05) is 26.2 Å². The number of nitrogens with one attached hydrogen (secondary N) is 1. The molecule has 6 nitrogen and oxygen atoms in total. The molecular weight excluding hydrogens is 364 g/mol. The molecule has 2 saturated heterocycles. The van der Waals surface area contributed by atoms with Crippen molar-refractivity contribution in [3.05, 3.63) is 35.9 Å². The van der Waals surface area contributed by atoms with E-state index in [0.29, 0.717) is 26.1 Å². The zero-order chi connectivity index (χ0) is 19.1. The van der Waals surface area contributed by atoms with Crippen LogP contribution in [0.1, 0.15) is 37.7 Å². The molecule has 0 unspecified atom stereocenters. The van der Waals surface area contributed by atoms with Gasteiger partial charge in [-0.2, -0.15) is 0 Å². The Morgan fingerprint density at radius 3 is 2.74 bits per heavy atom. The van der Waals surface area contributed by atoms with Crippen molar-refractivity contribution in [1.82, 2.24) is 9.62 Å². The zero-order valence-corrected chi connectivity index (χ0v) is 16.6. The lowest BCUT2D eigenvalue weighted by atomic mass is 9.99. The Bertz CT molecular complexity index is 702. The molecule has 1 aromatic carbocycles. The van der Waals surface area contributed by atoms with Crippen molar-refractivity contribution in [3.63, 3.8) is 0 Å². The van der Waals surface area contributed by atoms with Crippen molar-refractivity contribution in [1.29, 1.82) is 0 Å². The normalized spacial score (nSPS) is 24.0. The molecule has 0 aliphatic carbocycles. The molecule has 1 amide bonds.